The summed E-state index contributed by atoms with van der Waals surface area (Å²) in [6.45, 7) is 3.30. The van der Waals surface area contributed by atoms with E-state index in [1.54, 1.807) is 12.1 Å². The fourth-order valence-electron chi connectivity index (χ4n) is 1.63. The van der Waals surface area contributed by atoms with Gasteiger partial charge >= 0.3 is 0 Å². The molecule has 4 heteroatoms. The molecule has 0 aliphatic heterocycles. The molecule has 2 nitrogen and oxygen atoms in total. The number of hydrogen-bond donors (Lipinski definition) is 1. The second kappa shape index (κ2) is 8.46. The molecule has 1 atom stereocenters. The molecule has 18 heavy (non-hydrogen) atoms. The predicted octanol–water partition coefficient (Wildman–Crippen LogP) is 3.59. The Morgan fingerprint density at radius 3 is 2.83 bits per heavy atom. The van der Waals surface area contributed by atoms with Gasteiger partial charge in [0.05, 0.1) is 6.10 Å². The van der Waals surface area contributed by atoms with Crippen molar-refractivity contribution >= 4 is 11.6 Å². The van der Waals surface area contributed by atoms with Gasteiger partial charge in [-0.2, -0.15) is 0 Å². The Balaban J connectivity index is 2.33. The lowest BCUT2D eigenvalue weighted by Gasteiger charge is -2.12. The van der Waals surface area contributed by atoms with Crippen molar-refractivity contribution in [2.24, 2.45) is 0 Å². The molecule has 1 aromatic carbocycles. The number of aliphatic hydroxyl groups excluding tert-OH is 1. The maximum atomic E-state index is 13.5. The quantitative estimate of drug-likeness (QED) is 0.734. The van der Waals surface area contributed by atoms with Gasteiger partial charge in [-0.05, 0) is 25.0 Å². The SMILES string of the molecule is CCCCOCCC(O)Cc1c(F)cccc1Cl. The summed E-state index contributed by atoms with van der Waals surface area (Å²) in [5.41, 5.74) is 0.375. The van der Waals surface area contributed by atoms with E-state index in [9.17, 15) is 9.50 Å². The minimum Gasteiger partial charge on any atom is -0.393 e. The molecule has 0 aliphatic rings. The first-order valence-corrected chi connectivity index (χ1v) is 6.71. The van der Waals surface area contributed by atoms with Crippen molar-refractivity contribution in [3.8, 4) is 0 Å². The van der Waals surface area contributed by atoms with Gasteiger partial charge in [-0.1, -0.05) is 31.0 Å². The van der Waals surface area contributed by atoms with Crippen molar-refractivity contribution in [2.75, 3.05) is 13.2 Å². The van der Waals surface area contributed by atoms with Gasteiger partial charge in [-0.15, -0.1) is 0 Å². The minimum atomic E-state index is -0.624. The second-order valence-electron chi connectivity index (χ2n) is 4.31. The maximum Gasteiger partial charge on any atom is 0.127 e. The fourth-order valence-corrected chi connectivity index (χ4v) is 1.87. The maximum absolute atomic E-state index is 13.5. The zero-order chi connectivity index (χ0) is 13.4. The molecule has 102 valence electrons. The molecule has 0 saturated carbocycles. The third-order valence-electron chi connectivity index (χ3n) is 2.74. The van der Waals surface area contributed by atoms with Crippen LogP contribution >= 0.6 is 11.6 Å². The van der Waals surface area contributed by atoms with Crippen molar-refractivity contribution in [3.63, 3.8) is 0 Å². The molecule has 0 amide bonds. The summed E-state index contributed by atoms with van der Waals surface area (Å²) < 4.78 is 18.8. The van der Waals surface area contributed by atoms with Crippen LogP contribution in [0.3, 0.4) is 0 Å². The monoisotopic (exact) mass is 274 g/mol. The highest BCUT2D eigenvalue weighted by Gasteiger charge is 2.12. The molecule has 1 rings (SSSR count). The van der Waals surface area contributed by atoms with Gasteiger partial charge in [-0.25, -0.2) is 4.39 Å². The van der Waals surface area contributed by atoms with Gasteiger partial charge in [0.15, 0.2) is 0 Å². The number of halogens is 2. The highest BCUT2D eigenvalue weighted by Crippen LogP contribution is 2.21. The molecule has 1 N–H and O–H groups in total. The highest BCUT2D eigenvalue weighted by molar-refractivity contribution is 6.31. The van der Waals surface area contributed by atoms with Crippen LogP contribution < -0.4 is 0 Å². The van der Waals surface area contributed by atoms with Crippen LogP contribution in [-0.4, -0.2) is 24.4 Å². The molecular formula is C14H20ClFO2. The summed E-state index contributed by atoms with van der Waals surface area (Å²) in [6, 6.07) is 4.54. The van der Waals surface area contributed by atoms with Gasteiger partial charge in [0.2, 0.25) is 0 Å². The first kappa shape index (κ1) is 15.4. The number of ether oxygens (including phenoxy) is 1. The third-order valence-corrected chi connectivity index (χ3v) is 3.09. The zero-order valence-electron chi connectivity index (χ0n) is 10.7. The van der Waals surface area contributed by atoms with Crippen molar-refractivity contribution in [3.05, 3.63) is 34.6 Å². The molecule has 1 unspecified atom stereocenters. The Kier molecular flexibility index (Phi) is 7.25. The van der Waals surface area contributed by atoms with Gasteiger partial charge < -0.3 is 9.84 Å². The van der Waals surface area contributed by atoms with E-state index < -0.39 is 6.10 Å². The predicted molar refractivity (Wildman–Crippen MR) is 71.5 cm³/mol. The topological polar surface area (TPSA) is 29.5 Å². The number of aliphatic hydroxyl groups is 1. The average molecular weight is 275 g/mol. The Morgan fingerprint density at radius 2 is 2.17 bits per heavy atom. The Hall–Kier alpha value is -0.640. The summed E-state index contributed by atoms with van der Waals surface area (Å²) in [7, 11) is 0. The Labute approximate surface area is 113 Å². The molecule has 0 bridgehead atoms. The molecule has 0 aromatic heterocycles. The summed E-state index contributed by atoms with van der Waals surface area (Å²) in [6.07, 6.45) is 2.21. The molecule has 0 aliphatic carbocycles. The van der Waals surface area contributed by atoms with Crippen LogP contribution in [0, 0.1) is 5.82 Å². The van der Waals surface area contributed by atoms with Crippen LogP contribution in [0.25, 0.3) is 0 Å². The Bertz CT molecular complexity index is 337. The summed E-state index contributed by atoms with van der Waals surface area (Å²) >= 11 is 5.89. The van der Waals surface area contributed by atoms with Crippen LogP contribution in [0.4, 0.5) is 4.39 Å². The van der Waals surface area contributed by atoms with E-state index in [1.165, 1.54) is 6.07 Å². The molecule has 0 radical (unpaired) electrons. The fraction of sp³-hybridized carbons (Fsp3) is 0.571. The summed E-state index contributed by atoms with van der Waals surface area (Å²) in [5, 5.41) is 10.2. The van der Waals surface area contributed by atoms with Crippen molar-refractivity contribution in [2.45, 2.75) is 38.7 Å². The smallest absolute Gasteiger partial charge is 0.127 e. The first-order chi connectivity index (χ1) is 8.65. The molecule has 0 spiro atoms. The van der Waals surface area contributed by atoms with Gasteiger partial charge in [0.1, 0.15) is 5.82 Å². The summed E-state index contributed by atoms with van der Waals surface area (Å²) in [4.78, 5) is 0. The first-order valence-electron chi connectivity index (χ1n) is 6.33. The van der Waals surface area contributed by atoms with Gasteiger partial charge in [0.25, 0.3) is 0 Å². The average Bonchev–Trinajstić information content (AvgIpc) is 2.34. The lowest BCUT2D eigenvalue weighted by molar-refractivity contribution is 0.0803. The van der Waals surface area contributed by atoms with Crippen molar-refractivity contribution in [1.29, 1.82) is 0 Å². The van der Waals surface area contributed by atoms with E-state index in [2.05, 4.69) is 6.92 Å². The van der Waals surface area contributed by atoms with Crippen molar-refractivity contribution in [1.82, 2.24) is 0 Å². The van der Waals surface area contributed by atoms with Crippen LogP contribution in [0.1, 0.15) is 31.7 Å². The van der Waals surface area contributed by atoms with Crippen LogP contribution in [-0.2, 0) is 11.2 Å². The third kappa shape index (κ3) is 5.34. The van der Waals surface area contributed by atoms with Crippen LogP contribution in [0.5, 0.6) is 0 Å². The van der Waals surface area contributed by atoms with Crippen LogP contribution in [0.15, 0.2) is 18.2 Å². The molecular weight excluding hydrogens is 255 g/mol. The molecule has 1 aromatic rings. The van der Waals surface area contributed by atoms with Crippen LogP contribution in [0.2, 0.25) is 5.02 Å². The van der Waals surface area contributed by atoms with Gasteiger partial charge in [-0.3, -0.25) is 0 Å². The van der Waals surface area contributed by atoms with E-state index in [4.69, 9.17) is 16.3 Å². The zero-order valence-corrected chi connectivity index (χ0v) is 11.4. The lowest BCUT2D eigenvalue weighted by atomic mass is 10.1. The van der Waals surface area contributed by atoms with E-state index in [-0.39, 0.29) is 12.2 Å². The van der Waals surface area contributed by atoms with E-state index in [0.717, 1.165) is 12.8 Å². The normalized spacial score (nSPS) is 12.7. The largest absolute Gasteiger partial charge is 0.393 e. The molecule has 0 saturated heterocycles. The van der Waals surface area contributed by atoms with Gasteiger partial charge in [0, 0.05) is 30.2 Å². The molecule has 0 heterocycles. The number of benzene rings is 1. The van der Waals surface area contributed by atoms with Crippen molar-refractivity contribution < 1.29 is 14.2 Å². The standard InChI is InChI=1S/C14H20ClFO2/c1-2-3-8-18-9-7-11(17)10-12-13(15)5-4-6-14(12)16/h4-6,11,17H,2-3,7-10H2,1H3. The number of unbranched alkanes of at least 4 members (excludes halogenated alkanes) is 1. The van der Waals surface area contributed by atoms with E-state index >= 15 is 0 Å². The summed E-state index contributed by atoms with van der Waals surface area (Å²) in [5.74, 6) is -0.367. The number of rotatable bonds is 8. The Morgan fingerprint density at radius 1 is 1.39 bits per heavy atom. The molecule has 0 fully saturated rings. The lowest BCUT2D eigenvalue weighted by Crippen LogP contribution is -2.15. The van der Waals surface area contributed by atoms with E-state index in [1.807, 2.05) is 0 Å². The van der Waals surface area contributed by atoms with E-state index in [0.29, 0.717) is 30.2 Å². The minimum absolute atomic E-state index is 0.225. The number of hydrogen-bond acceptors (Lipinski definition) is 2. The second-order valence-corrected chi connectivity index (χ2v) is 4.72. The highest BCUT2D eigenvalue weighted by atomic mass is 35.5.